The molecular weight excluding hydrogens is 1140 g/mol. The lowest BCUT2D eigenvalue weighted by Crippen LogP contribution is -2.63. The highest BCUT2D eigenvalue weighted by atomic mass is 35.5. The largest absolute Gasteiger partial charge is 0.495 e. The van der Waals surface area contributed by atoms with Gasteiger partial charge in [0.15, 0.2) is 5.72 Å². The molecule has 3 unspecified atom stereocenters. The average molecular weight is 1220 g/mol. The Morgan fingerprint density at radius 3 is 2.39 bits per heavy atom. The number of esters is 1. The van der Waals surface area contributed by atoms with Gasteiger partial charge < -0.3 is 67.9 Å². The number of imide groups is 1. The number of likely N-dealkylation sites (tertiary alicyclic amines) is 1. The highest BCUT2D eigenvalue weighted by Crippen LogP contribution is 2.49. The number of methoxy groups -OCH3 is 2. The third-order valence-electron chi connectivity index (χ3n) is 15.8. The number of halogens is 1. The number of allylic oxidation sites excluding steroid dienone is 4. The van der Waals surface area contributed by atoms with Crippen molar-refractivity contribution in [2.24, 2.45) is 5.92 Å². The van der Waals surface area contributed by atoms with Gasteiger partial charge in [0, 0.05) is 80.2 Å². The van der Waals surface area contributed by atoms with Gasteiger partial charge in [-0.25, -0.2) is 19.2 Å². The fraction of sp³-hybridized carbons (Fsp3) is 0.632. The van der Waals surface area contributed by atoms with Crippen molar-refractivity contribution in [1.29, 1.82) is 0 Å². The van der Waals surface area contributed by atoms with Crippen LogP contribution < -0.4 is 20.3 Å². The van der Waals surface area contributed by atoms with E-state index in [1.54, 1.807) is 44.2 Å². The first kappa shape index (κ1) is 66.7. The fourth-order valence-corrected chi connectivity index (χ4v) is 10.9. The molecular formula is C57H80ClN7O18S. The number of hydrogen-bond acceptors (Lipinski definition) is 19. The molecule has 3 N–H and O–H groups in total. The Kier molecular flexibility index (Phi) is 23.5. The maximum absolute atomic E-state index is 14.4. The Bertz CT molecular complexity index is 2710. The second-order valence-corrected chi connectivity index (χ2v) is 23.0. The van der Waals surface area contributed by atoms with Crippen molar-refractivity contribution in [3.8, 4) is 5.75 Å². The summed E-state index contributed by atoms with van der Waals surface area (Å²) in [6.07, 6.45) is 3.25. The standard InChI is InChI=1S/C57H80ClN7O18S/c1-33-16-15-19-43(77-10)57(75)31-41(80-53(72)60-57)34(2)50-56(4,83-50)44(30-47(68)64(8)37-27-36(26-33)28-40(76-9)49(37)58)82-52(71)35(3)63(7)46(67)20-25-78-54(73)61(5)23-24-62(6)55(74)81-39-18-14-12-11-13-17-38(39)79-32-45(66)59-21-22-65-48(69)29-42(84)51(65)70/h14-16,18-19,27-28,34-35,38-39,41-44,50,75,84H,11-13,17,20-26,29-32H2,1-10H3,(H,59,66)(H,60,72)/b18-14+,19-15+,33-16+/t34-,35+,38?,39?,41+,42?,43-,44+,50+,56+,57+/m1/s1. The minimum Gasteiger partial charge on any atom is -0.495 e. The molecule has 27 heteroatoms. The van der Waals surface area contributed by atoms with Gasteiger partial charge >= 0.3 is 24.2 Å². The fourth-order valence-electron chi connectivity index (χ4n) is 10.3. The number of nitrogens with one attached hydrogen (secondary N) is 2. The maximum Gasteiger partial charge on any atom is 0.410 e. The molecule has 11 atom stereocenters. The van der Waals surface area contributed by atoms with Gasteiger partial charge in [0.05, 0.1) is 43.1 Å². The Hall–Kier alpha value is -6.45. The monoisotopic (exact) mass is 1220 g/mol. The molecule has 25 nitrogen and oxygen atoms in total. The summed E-state index contributed by atoms with van der Waals surface area (Å²) in [6.45, 7) is 6.07. The van der Waals surface area contributed by atoms with Crippen molar-refractivity contribution in [2.75, 3.05) is 86.7 Å². The van der Waals surface area contributed by atoms with E-state index in [1.165, 1.54) is 64.0 Å². The molecule has 3 fully saturated rings. The molecule has 464 valence electrons. The van der Waals surface area contributed by atoms with Gasteiger partial charge in [0.1, 0.15) is 60.0 Å². The van der Waals surface area contributed by atoms with Gasteiger partial charge in [-0.05, 0) is 70.2 Å². The highest BCUT2D eigenvalue weighted by molar-refractivity contribution is 7.81. The zero-order valence-electron chi connectivity index (χ0n) is 49.3. The molecule has 8 amide bonds. The summed E-state index contributed by atoms with van der Waals surface area (Å²) in [5.41, 5.74) is -1.30. The highest BCUT2D eigenvalue weighted by Gasteiger charge is 2.64. The quantitative estimate of drug-likeness (QED) is 0.0402. The molecule has 4 bridgehead atoms. The third-order valence-corrected chi connectivity index (χ3v) is 16.6. The van der Waals surface area contributed by atoms with Gasteiger partial charge in [0.2, 0.25) is 29.5 Å². The molecule has 0 spiro atoms. The zero-order valence-corrected chi connectivity index (χ0v) is 50.9. The number of benzene rings is 1. The number of carbonyl (C=O) groups is 9. The first-order valence-electron chi connectivity index (χ1n) is 27.9. The summed E-state index contributed by atoms with van der Waals surface area (Å²) < 4.78 is 46.5. The van der Waals surface area contributed by atoms with Crippen molar-refractivity contribution in [1.82, 2.24) is 30.2 Å². The van der Waals surface area contributed by atoms with Crippen LogP contribution in [0.25, 0.3) is 0 Å². The number of nitrogens with zero attached hydrogens (tertiary/aromatic N) is 5. The number of rotatable bonds is 18. The van der Waals surface area contributed by atoms with E-state index in [9.17, 15) is 48.3 Å². The molecule has 1 aromatic carbocycles. The molecule has 6 rings (SSSR count). The molecule has 84 heavy (non-hydrogen) atoms. The van der Waals surface area contributed by atoms with Crippen LogP contribution in [0.3, 0.4) is 0 Å². The number of fused-ring (bicyclic) bond motifs is 5. The van der Waals surface area contributed by atoms with Crippen molar-refractivity contribution in [3.05, 3.63) is 58.7 Å². The van der Waals surface area contributed by atoms with Crippen LogP contribution in [-0.2, 0) is 68.3 Å². The number of alkyl carbamates (subject to hydrolysis) is 1. The van der Waals surface area contributed by atoms with Crippen LogP contribution in [0.4, 0.5) is 20.1 Å². The van der Waals surface area contributed by atoms with Crippen LogP contribution in [0.5, 0.6) is 5.75 Å². The van der Waals surface area contributed by atoms with Crippen LogP contribution in [0.15, 0.2) is 48.1 Å². The minimum atomic E-state index is -1.90. The van der Waals surface area contributed by atoms with E-state index in [0.29, 0.717) is 24.3 Å². The SMILES string of the molecule is COc1cc2cc(c1Cl)N(C)C(=O)C[C@H](OC(=O)[C@H](C)N(C)C(=O)CCOC(=O)N(C)CCN(C)C(=O)OC1/C=C/CCCCC1OCC(=O)NCCN1C(=O)CC(S)C1=O)[C@]1(C)O[C@H]1[C@H](C)[C@@H]1C[C@@](O)(NC(=O)O1)[C@H](OC)/C=C/C=C(\C)C2. The molecule has 0 radical (unpaired) electrons. The summed E-state index contributed by atoms with van der Waals surface area (Å²) >= 11 is 10.9. The van der Waals surface area contributed by atoms with E-state index < -0.39 is 119 Å². The summed E-state index contributed by atoms with van der Waals surface area (Å²) in [7, 11) is 8.69. The Morgan fingerprint density at radius 2 is 1.71 bits per heavy atom. The number of likely N-dealkylation sites (N-methyl/N-ethyl adjacent to an activating group) is 3. The normalized spacial score (nSPS) is 29.0. The Morgan fingerprint density at radius 1 is 1.00 bits per heavy atom. The number of aliphatic hydroxyl groups is 1. The van der Waals surface area contributed by atoms with E-state index in [4.69, 9.17) is 49.5 Å². The number of ether oxygens (including phenoxy) is 8. The molecule has 5 aliphatic rings. The number of amides is 8. The second-order valence-electron chi connectivity index (χ2n) is 22.0. The van der Waals surface area contributed by atoms with Gasteiger partial charge in [-0.15, -0.1) is 0 Å². The number of thiol groups is 1. The van der Waals surface area contributed by atoms with E-state index in [-0.39, 0.29) is 69.6 Å². The summed E-state index contributed by atoms with van der Waals surface area (Å²) in [4.78, 5) is 124. The van der Waals surface area contributed by atoms with Crippen LogP contribution in [0.1, 0.15) is 84.6 Å². The van der Waals surface area contributed by atoms with Crippen LogP contribution >= 0.6 is 24.2 Å². The molecule has 0 aromatic heterocycles. The van der Waals surface area contributed by atoms with Crippen molar-refractivity contribution < 1.29 is 86.2 Å². The zero-order chi connectivity index (χ0) is 61.8. The molecule has 4 heterocycles. The summed E-state index contributed by atoms with van der Waals surface area (Å²) in [5.74, 6) is -3.55. The van der Waals surface area contributed by atoms with E-state index in [1.807, 2.05) is 19.1 Å². The van der Waals surface area contributed by atoms with Gasteiger partial charge in [-0.2, -0.15) is 12.6 Å². The molecule has 3 saturated heterocycles. The Labute approximate surface area is 499 Å². The van der Waals surface area contributed by atoms with Crippen molar-refractivity contribution >= 4 is 83.7 Å². The van der Waals surface area contributed by atoms with Gasteiger partial charge in [0.25, 0.3) is 0 Å². The second kappa shape index (κ2) is 29.6. The van der Waals surface area contributed by atoms with Crippen LogP contribution in [-0.4, -0.2) is 220 Å². The molecule has 0 saturated carbocycles. The molecule has 1 aliphatic carbocycles. The van der Waals surface area contributed by atoms with Crippen LogP contribution in [0.2, 0.25) is 5.02 Å². The number of anilines is 1. The third kappa shape index (κ3) is 16.9. The Balaban J connectivity index is 1.03. The smallest absolute Gasteiger partial charge is 0.410 e. The lowest BCUT2D eigenvalue weighted by Gasteiger charge is -2.42. The molecule has 1 aromatic rings. The first-order valence-corrected chi connectivity index (χ1v) is 28.8. The number of epoxide rings is 1. The number of carbonyl (C=O) groups excluding carboxylic acids is 9. The van der Waals surface area contributed by atoms with Crippen LogP contribution in [0, 0.1) is 5.92 Å². The first-order chi connectivity index (χ1) is 39.7. The summed E-state index contributed by atoms with van der Waals surface area (Å²) in [5, 5.41) is 16.5. The van der Waals surface area contributed by atoms with Gasteiger partial charge in [-0.3, -0.25) is 34.2 Å². The topological polar surface area (TPSA) is 291 Å². The lowest BCUT2D eigenvalue weighted by molar-refractivity contribution is -0.162. The van der Waals surface area contributed by atoms with Crippen molar-refractivity contribution in [2.45, 2.75) is 145 Å². The predicted molar refractivity (Wildman–Crippen MR) is 307 cm³/mol. The molecule has 4 aliphatic heterocycles. The number of hydrogen-bond donors (Lipinski definition) is 4. The van der Waals surface area contributed by atoms with Crippen molar-refractivity contribution in [3.63, 3.8) is 0 Å². The maximum atomic E-state index is 14.4. The lowest BCUT2D eigenvalue weighted by atomic mass is 9.83. The van der Waals surface area contributed by atoms with Gasteiger partial charge in [-0.1, -0.05) is 54.8 Å². The predicted octanol–water partition coefficient (Wildman–Crippen LogP) is 4.10. The average Bonchev–Trinajstić information content (AvgIpc) is 1.81. The summed E-state index contributed by atoms with van der Waals surface area (Å²) in [6, 6.07) is 2.28. The van der Waals surface area contributed by atoms with E-state index in [2.05, 4.69) is 23.3 Å². The minimum absolute atomic E-state index is 0.00630. The van der Waals surface area contributed by atoms with E-state index in [0.717, 1.165) is 40.2 Å². The van der Waals surface area contributed by atoms with E-state index >= 15 is 0 Å².